The van der Waals surface area contributed by atoms with Gasteiger partial charge in [0.05, 0.1) is 23.6 Å². The van der Waals surface area contributed by atoms with Crippen LogP contribution < -0.4 is 15.4 Å². The number of rotatable bonds is 7. The standard InChI is InChI=1S/C20H24N4O3.HI/c1-2-21-20(23-14-17-5-3-4-6-18(17)24(25)26)22-11-9-15-7-8-19-16(13-15)10-12-27-19;/h3-8,13H,2,9-12,14H2,1H3,(H2,21,22,23);1H. The molecule has 1 aliphatic heterocycles. The molecule has 0 bridgehead atoms. The molecule has 1 aliphatic rings. The van der Waals surface area contributed by atoms with Gasteiger partial charge >= 0.3 is 0 Å². The van der Waals surface area contributed by atoms with E-state index >= 15 is 0 Å². The van der Waals surface area contributed by atoms with Gasteiger partial charge in [-0.15, -0.1) is 24.0 Å². The fraction of sp³-hybridized carbons (Fsp3) is 0.350. The van der Waals surface area contributed by atoms with Crippen LogP contribution in [0.25, 0.3) is 0 Å². The molecule has 2 aromatic carbocycles. The van der Waals surface area contributed by atoms with Crippen LogP contribution in [0.5, 0.6) is 5.75 Å². The Labute approximate surface area is 181 Å². The topological polar surface area (TPSA) is 88.8 Å². The highest BCUT2D eigenvalue weighted by Crippen LogP contribution is 2.25. The lowest BCUT2D eigenvalue weighted by molar-refractivity contribution is -0.385. The molecule has 0 spiro atoms. The quantitative estimate of drug-likeness (QED) is 0.202. The SMILES string of the molecule is CCNC(=NCc1ccccc1[N+](=O)[O-])NCCc1ccc2c(c1)CCO2.I. The van der Waals surface area contributed by atoms with E-state index in [1.54, 1.807) is 18.2 Å². The molecule has 0 amide bonds. The van der Waals surface area contributed by atoms with Crippen LogP contribution in [0.1, 0.15) is 23.6 Å². The Morgan fingerprint density at radius 1 is 1.25 bits per heavy atom. The van der Waals surface area contributed by atoms with E-state index in [1.165, 1.54) is 17.2 Å². The normalized spacial score (nSPS) is 12.5. The number of aliphatic imine (C=N–C) groups is 1. The molecule has 3 rings (SSSR count). The average Bonchev–Trinajstić information content (AvgIpc) is 3.14. The lowest BCUT2D eigenvalue weighted by Gasteiger charge is -2.12. The van der Waals surface area contributed by atoms with Gasteiger partial charge in [-0.2, -0.15) is 0 Å². The van der Waals surface area contributed by atoms with E-state index in [-0.39, 0.29) is 41.1 Å². The van der Waals surface area contributed by atoms with Crippen LogP contribution >= 0.6 is 24.0 Å². The van der Waals surface area contributed by atoms with Crippen LogP contribution in [0.4, 0.5) is 5.69 Å². The van der Waals surface area contributed by atoms with Crippen LogP contribution in [0.2, 0.25) is 0 Å². The molecule has 7 nitrogen and oxygen atoms in total. The summed E-state index contributed by atoms with van der Waals surface area (Å²) in [5.41, 5.74) is 3.21. The van der Waals surface area contributed by atoms with Gasteiger partial charge in [-0.25, -0.2) is 4.99 Å². The van der Waals surface area contributed by atoms with Crippen LogP contribution in [0.15, 0.2) is 47.5 Å². The van der Waals surface area contributed by atoms with E-state index in [0.29, 0.717) is 11.5 Å². The zero-order valence-electron chi connectivity index (χ0n) is 15.8. The first-order chi connectivity index (χ1) is 13.2. The number of hydrogen-bond donors (Lipinski definition) is 2. The summed E-state index contributed by atoms with van der Waals surface area (Å²) in [6.45, 7) is 4.45. The Morgan fingerprint density at radius 2 is 2.07 bits per heavy atom. The molecule has 150 valence electrons. The molecule has 0 saturated carbocycles. The number of guanidine groups is 1. The molecule has 28 heavy (non-hydrogen) atoms. The number of nitrogens with zero attached hydrogens (tertiary/aromatic N) is 2. The molecule has 0 unspecified atom stereocenters. The Bertz CT molecular complexity index is 842. The van der Waals surface area contributed by atoms with Crippen molar-refractivity contribution in [3.63, 3.8) is 0 Å². The molecule has 8 heteroatoms. The van der Waals surface area contributed by atoms with E-state index in [0.717, 1.165) is 38.3 Å². The van der Waals surface area contributed by atoms with Crippen LogP contribution in [-0.4, -0.2) is 30.6 Å². The summed E-state index contributed by atoms with van der Waals surface area (Å²) in [5.74, 6) is 1.64. The summed E-state index contributed by atoms with van der Waals surface area (Å²) < 4.78 is 5.54. The van der Waals surface area contributed by atoms with Gasteiger partial charge in [-0.3, -0.25) is 10.1 Å². The van der Waals surface area contributed by atoms with E-state index in [1.807, 2.05) is 13.0 Å². The van der Waals surface area contributed by atoms with Crippen molar-refractivity contribution in [1.29, 1.82) is 0 Å². The van der Waals surface area contributed by atoms with Crippen molar-refractivity contribution in [3.05, 3.63) is 69.3 Å². The fourth-order valence-electron chi connectivity index (χ4n) is 3.05. The van der Waals surface area contributed by atoms with Gasteiger partial charge in [0.25, 0.3) is 5.69 Å². The van der Waals surface area contributed by atoms with E-state index < -0.39 is 0 Å². The first-order valence-electron chi connectivity index (χ1n) is 9.16. The monoisotopic (exact) mass is 496 g/mol. The summed E-state index contributed by atoms with van der Waals surface area (Å²) in [6.07, 6.45) is 1.83. The van der Waals surface area contributed by atoms with Crippen molar-refractivity contribution in [1.82, 2.24) is 10.6 Å². The Morgan fingerprint density at radius 3 is 2.86 bits per heavy atom. The van der Waals surface area contributed by atoms with Crippen molar-refractivity contribution in [3.8, 4) is 5.75 Å². The maximum atomic E-state index is 11.1. The summed E-state index contributed by atoms with van der Waals surface area (Å²) in [5, 5.41) is 17.6. The lowest BCUT2D eigenvalue weighted by atomic mass is 10.1. The van der Waals surface area contributed by atoms with Crippen molar-refractivity contribution in [2.45, 2.75) is 26.3 Å². The van der Waals surface area contributed by atoms with Gasteiger partial charge in [-0.05, 0) is 30.5 Å². The van der Waals surface area contributed by atoms with Crippen molar-refractivity contribution < 1.29 is 9.66 Å². The molecule has 0 aliphatic carbocycles. The van der Waals surface area contributed by atoms with Gasteiger partial charge < -0.3 is 15.4 Å². The van der Waals surface area contributed by atoms with E-state index in [4.69, 9.17) is 4.74 Å². The zero-order valence-corrected chi connectivity index (χ0v) is 18.1. The third-order valence-electron chi connectivity index (χ3n) is 4.40. The van der Waals surface area contributed by atoms with Crippen molar-refractivity contribution >= 4 is 35.6 Å². The molecule has 0 atom stereocenters. The second-order valence-corrected chi connectivity index (χ2v) is 6.30. The molecular formula is C20H25IN4O3. The van der Waals surface area contributed by atoms with Gasteiger partial charge in [0.1, 0.15) is 5.75 Å². The highest BCUT2D eigenvalue weighted by atomic mass is 127. The molecule has 0 aromatic heterocycles. The molecule has 1 heterocycles. The third kappa shape index (κ3) is 5.82. The van der Waals surface area contributed by atoms with Crippen molar-refractivity contribution in [2.75, 3.05) is 19.7 Å². The second kappa shape index (κ2) is 10.8. The van der Waals surface area contributed by atoms with Gasteiger partial charge in [-0.1, -0.05) is 30.3 Å². The number of benzene rings is 2. The number of fused-ring (bicyclic) bond motifs is 1. The largest absolute Gasteiger partial charge is 0.493 e. The molecule has 0 saturated heterocycles. The maximum Gasteiger partial charge on any atom is 0.274 e. The minimum Gasteiger partial charge on any atom is -0.493 e. The Hall–Kier alpha value is -2.36. The van der Waals surface area contributed by atoms with E-state index in [9.17, 15) is 10.1 Å². The third-order valence-corrected chi connectivity index (χ3v) is 4.40. The number of para-hydroxylation sites is 1. The Balaban J connectivity index is 0.00000280. The minimum atomic E-state index is -0.372. The summed E-state index contributed by atoms with van der Waals surface area (Å²) >= 11 is 0. The average molecular weight is 496 g/mol. The molecule has 0 fully saturated rings. The smallest absolute Gasteiger partial charge is 0.274 e. The van der Waals surface area contributed by atoms with Crippen LogP contribution in [0, 0.1) is 10.1 Å². The van der Waals surface area contributed by atoms with Crippen LogP contribution in [-0.2, 0) is 19.4 Å². The minimum absolute atomic E-state index is 0. The van der Waals surface area contributed by atoms with Crippen molar-refractivity contribution in [2.24, 2.45) is 4.99 Å². The fourth-order valence-corrected chi connectivity index (χ4v) is 3.05. The summed E-state index contributed by atoms with van der Waals surface area (Å²) in [4.78, 5) is 15.2. The number of nitro groups is 1. The second-order valence-electron chi connectivity index (χ2n) is 6.30. The first-order valence-corrected chi connectivity index (χ1v) is 9.16. The lowest BCUT2D eigenvalue weighted by Crippen LogP contribution is -2.38. The van der Waals surface area contributed by atoms with Gasteiger partial charge in [0.2, 0.25) is 0 Å². The molecular weight excluding hydrogens is 471 g/mol. The van der Waals surface area contributed by atoms with Crippen LogP contribution in [0.3, 0.4) is 0 Å². The predicted octanol–water partition coefficient (Wildman–Crippen LogP) is 3.45. The van der Waals surface area contributed by atoms with Gasteiger partial charge in [0.15, 0.2) is 5.96 Å². The zero-order chi connectivity index (χ0) is 19.1. The Kier molecular flexibility index (Phi) is 8.49. The highest BCUT2D eigenvalue weighted by molar-refractivity contribution is 14.0. The summed E-state index contributed by atoms with van der Waals surface area (Å²) in [6, 6.07) is 13.0. The first kappa shape index (κ1) is 21.9. The molecule has 0 radical (unpaired) electrons. The molecule has 2 aromatic rings. The molecule has 2 N–H and O–H groups in total. The number of nitrogens with one attached hydrogen (secondary N) is 2. The number of halogens is 1. The van der Waals surface area contributed by atoms with E-state index in [2.05, 4.69) is 27.8 Å². The number of nitro benzene ring substituents is 1. The van der Waals surface area contributed by atoms with Gasteiger partial charge in [0, 0.05) is 25.6 Å². The maximum absolute atomic E-state index is 11.1. The number of ether oxygens (including phenoxy) is 1. The number of hydrogen-bond acceptors (Lipinski definition) is 4. The summed E-state index contributed by atoms with van der Waals surface area (Å²) in [7, 11) is 0. The predicted molar refractivity (Wildman–Crippen MR) is 121 cm³/mol. The highest BCUT2D eigenvalue weighted by Gasteiger charge is 2.13.